The summed E-state index contributed by atoms with van der Waals surface area (Å²) >= 11 is 0. The lowest BCUT2D eigenvalue weighted by molar-refractivity contribution is 0.316. The molecule has 0 saturated carbocycles. The van der Waals surface area contributed by atoms with Crippen molar-refractivity contribution in [2.45, 2.75) is 13.8 Å². The second-order valence-electron chi connectivity index (χ2n) is 5.72. The summed E-state index contributed by atoms with van der Waals surface area (Å²) in [6.45, 7) is 3.48. The number of nitrogens with one attached hydrogen (secondary N) is 1. The summed E-state index contributed by atoms with van der Waals surface area (Å²) in [5.74, 6) is 0.534. The van der Waals surface area contributed by atoms with Gasteiger partial charge in [-0.1, -0.05) is 0 Å². The first-order valence-corrected chi connectivity index (χ1v) is 9.60. The predicted octanol–water partition coefficient (Wildman–Crippen LogP) is 2.78. The van der Waals surface area contributed by atoms with Gasteiger partial charge in [-0.15, -0.1) is 0 Å². The number of hydrogen-bond acceptors (Lipinski definition) is 8. The number of sulfonamides is 1. The Bertz CT molecular complexity index is 1130. The summed E-state index contributed by atoms with van der Waals surface area (Å²) in [6, 6.07) is 6.71. The predicted molar refractivity (Wildman–Crippen MR) is 96.7 cm³/mol. The zero-order chi connectivity index (χ0) is 19.6. The van der Waals surface area contributed by atoms with Crippen LogP contribution in [-0.2, 0) is 10.0 Å². The fraction of sp³-hybridized carbons (Fsp3) is 0.176. The molecule has 3 heterocycles. The number of aromatic nitrogens is 3. The topological polar surface area (TPSA) is 131 Å². The first-order chi connectivity index (χ1) is 12.7. The van der Waals surface area contributed by atoms with Gasteiger partial charge >= 0.3 is 6.08 Å². The van der Waals surface area contributed by atoms with Gasteiger partial charge in [-0.25, -0.2) is 13.4 Å². The van der Waals surface area contributed by atoms with E-state index in [-0.39, 0.29) is 17.6 Å². The van der Waals surface area contributed by atoms with Gasteiger partial charge in [0, 0.05) is 18.0 Å². The number of nitriles is 1. The van der Waals surface area contributed by atoms with Crippen LogP contribution in [0.4, 0.5) is 5.69 Å². The molecule has 0 radical (unpaired) electrons. The summed E-state index contributed by atoms with van der Waals surface area (Å²) in [7, 11) is -3.56. The standard InChI is InChI=1S/C17H15N5O4S/c1-10-11(2)25-17(20-10)26-16-15(22-27(3,23)24)5-4-14(21-16)13-6-12(7-18)8-19-9-13/h4-6,8-9,22H,1-3H3. The van der Waals surface area contributed by atoms with Crippen molar-refractivity contribution in [1.82, 2.24) is 15.0 Å². The Morgan fingerprint density at radius 2 is 2.00 bits per heavy atom. The second-order valence-corrected chi connectivity index (χ2v) is 7.47. The number of hydrogen-bond donors (Lipinski definition) is 1. The number of oxazole rings is 1. The van der Waals surface area contributed by atoms with E-state index in [0.717, 1.165) is 6.26 Å². The van der Waals surface area contributed by atoms with Crippen LogP contribution in [0, 0.1) is 25.2 Å². The third kappa shape index (κ3) is 4.39. The number of anilines is 1. The Morgan fingerprint density at radius 1 is 1.22 bits per heavy atom. The normalized spacial score (nSPS) is 11.0. The minimum Gasteiger partial charge on any atom is -0.414 e. The highest BCUT2D eigenvalue weighted by molar-refractivity contribution is 7.92. The second kappa shape index (κ2) is 7.05. The largest absolute Gasteiger partial charge is 0.414 e. The van der Waals surface area contributed by atoms with Gasteiger partial charge in [0.25, 0.3) is 0 Å². The van der Waals surface area contributed by atoms with Crippen LogP contribution in [-0.4, -0.2) is 29.6 Å². The number of ether oxygens (including phenoxy) is 1. The molecular formula is C17H15N5O4S. The maximum atomic E-state index is 11.6. The quantitative estimate of drug-likeness (QED) is 0.709. The van der Waals surface area contributed by atoms with Crippen LogP contribution >= 0.6 is 0 Å². The zero-order valence-corrected chi connectivity index (χ0v) is 15.5. The first-order valence-electron chi connectivity index (χ1n) is 7.71. The minimum atomic E-state index is -3.56. The molecule has 10 heteroatoms. The molecule has 0 atom stereocenters. The summed E-state index contributed by atoms with van der Waals surface area (Å²) < 4.78 is 36.5. The van der Waals surface area contributed by atoms with Crippen LogP contribution in [0.5, 0.6) is 12.0 Å². The van der Waals surface area contributed by atoms with E-state index in [1.807, 2.05) is 6.07 Å². The highest BCUT2D eigenvalue weighted by atomic mass is 32.2. The molecule has 3 aromatic heterocycles. The molecule has 9 nitrogen and oxygen atoms in total. The summed E-state index contributed by atoms with van der Waals surface area (Å²) in [6.07, 6.45) is 3.93. The van der Waals surface area contributed by atoms with Crippen LogP contribution in [0.2, 0.25) is 0 Å². The van der Waals surface area contributed by atoms with Gasteiger partial charge in [-0.3, -0.25) is 9.71 Å². The van der Waals surface area contributed by atoms with E-state index in [9.17, 15) is 8.42 Å². The van der Waals surface area contributed by atoms with Crippen molar-refractivity contribution in [2.24, 2.45) is 0 Å². The number of nitrogens with zero attached hydrogens (tertiary/aromatic N) is 4. The van der Waals surface area contributed by atoms with Gasteiger partial charge in [0.2, 0.25) is 15.9 Å². The van der Waals surface area contributed by atoms with Crippen molar-refractivity contribution in [2.75, 3.05) is 11.0 Å². The molecular weight excluding hydrogens is 370 g/mol. The summed E-state index contributed by atoms with van der Waals surface area (Å²) in [5.41, 5.74) is 2.15. The fourth-order valence-electron chi connectivity index (χ4n) is 2.17. The van der Waals surface area contributed by atoms with Crippen molar-refractivity contribution in [1.29, 1.82) is 5.26 Å². The molecule has 0 aliphatic heterocycles. The number of aryl methyl sites for hydroxylation is 2. The van der Waals surface area contributed by atoms with E-state index < -0.39 is 10.0 Å². The van der Waals surface area contributed by atoms with Gasteiger partial charge in [0.05, 0.1) is 23.2 Å². The van der Waals surface area contributed by atoms with E-state index in [4.69, 9.17) is 14.4 Å². The molecule has 0 saturated heterocycles. The maximum absolute atomic E-state index is 11.6. The van der Waals surface area contributed by atoms with E-state index in [2.05, 4.69) is 19.7 Å². The lowest BCUT2D eigenvalue weighted by Crippen LogP contribution is -2.11. The van der Waals surface area contributed by atoms with Crippen molar-refractivity contribution in [3.8, 4) is 29.3 Å². The molecule has 0 aliphatic carbocycles. The van der Waals surface area contributed by atoms with Crippen LogP contribution in [0.1, 0.15) is 17.0 Å². The van der Waals surface area contributed by atoms with Gasteiger partial charge in [-0.05, 0) is 32.0 Å². The fourth-order valence-corrected chi connectivity index (χ4v) is 2.72. The smallest absolute Gasteiger partial charge is 0.401 e. The number of pyridine rings is 2. The Kier molecular flexibility index (Phi) is 4.79. The van der Waals surface area contributed by atoms with Crippen molar-refractivity contribution < 1.29 is 17.6 Å². The highest BCUT2D eigenvalue weighted by Gasteiger charge is 2.16. The molecule has 3 rings (SSSR count). The third-order valence-electron chi connectivity index (χ3n) is 3.51. The average molecular weight is 385 g/mol. The molecule has 1 N–H and O–H groups in total. The minimum absolute atomic E-state index is 0.0402. The molecule has 0 aromatic carbocycles. The lowest BCUT2D eigenvalue weighted by atomic mass is 10.1. The Balaban J connectivity index is 2.06. The van der Waals surface area contributed by atoms with Crippen molar-refractivity contribution >= 4 is 15.7 Å². The summed E-state index contributed by atoms with van der Waals surface area (Å²) in [5, 5.41) is 9.03. The van der Waals surface area contributed by atoms with E-state index in [1.54, 1.807) is 26.0 Å². The van der Waals surface area contributed by atoms with Gasteiger partial charge < -0.3 is 9.15 Å². The molecule has 138 valence electrons. The molecule has 0 aliphatic rings. The van der Waals surface area contributed by atoms with Crippen LogP contribution in [0.25, 0.3) is 11.3 Å². The van der Waals surface area contributed by atoms with Crippen LogP contribution < -0.4 is 9.46 Å². The molecule has 0 fully saturated rings. The van der Waals surface area contributed by atoms with Crippen molar-refractivity contribution in [3.63, 3.8) is 0 Å². The maximum Gasteiger partial charge on any atom is 0.401 e. The Morgan fingerprint density at radius 3 is 2.63 bits per heavy atom. The first kappa shape index (κ1) is 18.3. The molecule has 0 unspecified atom stereocenters. The van der Waals surface area contributed by atoms with Gasteiger partial charge in [0.15, 0.2) is 0 Å². The van der Waals surface area contributed by atoms with E-state index in [1.165, 1.54) is 18.5 Å². The van der Waals surface area contributed by atoms with E-state index in [0.29, 0.717) is 28.3 Å². The van der Waals surface area contributed by atoms with Crippen molar-refractivity contribution in [3.05, 3.63) is 47.6 Å². The SMILES string of the molecule is Cc1nc(Oc2nc(-c3cncc(C#N)c3)ccc2NS(C)(=O)=O)oc1C. The third-order valence-corrected chi connectivity index (χ3v) is 4.10. The number of rotatable bonds is 5. The Hall–Kier alpha value is -3.45. The van der Waals surface area contributed by atoms with Gasteiger partial charge in [0.1, 0.15) is 17.5 Å². The monoisotopic (exact) mass is 385 g/mol. The van der Waals surface area contributed by atoms with Crippen LogP contribution in [0.15, 0.2) is 35.0 Å². The van der Waals surface area contributed by atoms with E-state index >= 15 is 0 Å². The molecule has 0 amide bonds. The molecule has 27 heavy (non-hydrogen) atoms. The molecule has 0 spiro atoms. The average Bonchev–Trinajstić information content (AvgIpc) is 2.93. The summed E-state index contributed by atoms with van der Waals surface area (Å²) in [4.78, 5) is 12.4. The molecule has 0 bridgehead atoms. The molecule has 3 aromatic rings. The van der Waals surface area contributed by atoms with Gasteiger partial charge in [-0.2, -0.15) is 10.2 Å². The Labute approximate surface area is 155 Å². The lowest BCUT2D eigenvalue weighted by Gasteiger charge is -2.11. The zero-order valence-electron chi connectivity index (χ0n) is 14.7. The highest BCUT2D eigenvalue weighted by Crippen LogP contribution is 2.31. The van der Waals surface area contributed by atoms with Crippen LogP contribution in [0.3, 0.4) is 0 Å².